The predicted octanol–water partition coefficient (Wildman–Crippen LogP) is 3.23. The van der Waals surface area contributed by atoms with Crippen LogP contribution in [0.2, 0.25) is 0 Å². The molecule has 1 aromatic heterocycles. The average molecular weight is 472 g/mol. The van der Waals surface area contributed by atoms with E-state index in [1.807, 2.05) is 41.7 Å². The van der Waals surface area contributed by atoms with Crippen LogP contribution in [0.1, 0.15) is 55.3 Å². The maximum atomic E-state index is 13.5. The van der Waals surface area contributed by atoms with E-state index < -0.39 is 0 Å². The standard InChI is InChI=1S/C28H33N5O2/c29-13-20-1-3-21(4-2-20)15-33-19-30-14-25(33)16-31-5-6-32(27(35)18-31)17-26(34)28-10-22-7-23(11-28)9-24(8-22)12-28/h1-4,14,19,22-24H,5-12,15-18H2. The van der Waals surface area contributed by atoms with Crippen molar-refractivity contribution in [2.75, 3.05) is 26.2 Å². The summed E-state index contributed by atoms with van der Waals surface area (Å²) in [6.07, 6.45) is 10.8. The van der Waals surface area contributed by atoms with Crippen molar-refractivity contribution < 1.29 is 9.59 Å². The van der Waals surface area contributed by atoms with Crippen molar-refractivity contribution in [1.29, 1.82) is 5.26 Å². The van der Waals surface area contributed by atoms with E-state index in [1.165, 1.54) is 19.3 Å². The van der Waals surface area contributed by atoms with Crippen LogP contribution >= 0.6 is 0 Å². The van der Waals surface area contributed by atoms with Gasteiger partial charge in [0.1, 0.15) is 0 Å². The first kappa shape index (κ1) is 22.5. The second-order valence-electron chi connectivity index (χ2n) is 11.5. The first-order chi connectivity index (χ1) is 17.0. The smallest absolute Gasteiger partial charge is 0.237 e. The number of hydrogen-bond donors (Lipinski definition) is 0. The molecule has 2 aromatic rings. The van der Waals surface area contributed by atoms with Crippen LogP contribution in [0.3, 0.4) is 0 Å². The zero-order valence-corrected chi connectivity index (χ0v) is 20.2. The summed E-state index contributed by atoms with van der Waals surface area (Å²) in [7, 11) is 0. The lowest BCUT2D eigenvalue weighted by Crippen LogP contribution is -2.56. The summed E-state index contributed by atoms with van der Waals surface area (Å²) in [5, 5.41) is 9.00. The Morgan fingerprint density at radius 3 is 2.34 bits per heavy atom. The number of rotatable bonds is 7. The summed E-state index contributed by atoms with van der Waals surface area (Å²) < 4.78 is 2.09. The first-order valence-corrected chi connectivity index (χ1v) is 13.0. The highest BCUT2D eigenvalue weighted by atomic mass is 16.2. The van der Waals surface area contributed by atoms with Gasteiger partial charge in [0.25, 0.3) is 0 Å². The third-order valence-electron chi connectivity index (χ3n) is 8.98. The Kier molecular flexibility index (Phi) is 5.72. The molecule has 1 amide bonds. The summed E-state index contributed by atoms with van der Waals surface area (Å²) in [6.45, 7) is 3.35. The van der Waals surface area contributed by atoms with Gasteiger partial charge in [-0.1, -0.05) is 12.1 Å². The van der Waals surface area contributed by atoms with Crippen LogP contribution in [0.4, 0.5) is 0 Å². The van der Waals surface area contributed by atoms with Crippen molar-refractivity contribution in [2.45, 2.75) is 51.6 Å². The average Bonchev–Trinajstić information content (AvgIpc) is 3.26. The quantitative estimate of drug-likeness (QED) is 0.619. The van der Waals surface area contributed by atoms with Gasteiger partial charge in [-0.2, -0.15) is 5.26 Å². The number of Topliss-reactive ketones (excluding diaryl/α,β-unsaturated/α-hetero) is 1. The van der Waals surface area contributed by atoms with Gasteiger partial charge in [0, 0.05) is 37.8 Å². The number of amides is 1. The van der Waals surface area contributed by atoms with E-state index >= 15 is 0 Å². The molecular formula is C28H33N5O2. The number of nitriles is 1. The second kappa shape index (κ2) is 8.91. The Morgan fingerprint density at radius 2 is 1.71 bits per heavy atom. The summed E-state index contributed by atoms with van der Waals surface area (Å²) in [5.41, 5.74) is 2.68. The van der Waals surface area contributed by atoms with Crippen LogP contribution in [0.15, 0.2) is 36.8 Å². The van der Waals surface area contributed by atoms with Gasteiger partial charge in [0.05, 0.1) is 36.7 Å². The molecule has 1 aromatic carbocycles. The molecule has 4 aliphatic carbocycles. The van der Waals surface area contributed by atoms with E-state index in [1.54, 1.807) is 0 Å². The van der Waals surface area contributed by atoms with Crippen molar-refractivity contribution in [1.82, 2.24) is 19.4 Å². The molecule has 7 heteroatoms. The van der Waals surface area contributed by atoms with Crippen LogP contribution < -0.4 is 0 Å². The third-order valence-corrected chi connectivity index (χ3v) is 8.98. The highest BCUT2D eigenvalue weighted by molar-refractivity contribution is 5.91. The number of carbonyl (C=O) groups excluding carboxylic acids is 2. The van der Waals surface area contributed by atoms with E-state index in [4.69, 9.17) is 5.26 Å². The Bertz CT molecular complexity index is 1130. The summed E-state index contributed by atoms with van der Waals surface area (Å²) >= 11 is 0. The molecule has 2 heterocycles. The topological polar surface area (TPSA) is 82.2 Å². The number of ketones is 1. The minimum Gasteiger partial charge on any atom is -0.333 e. The number of carbonyl (C=O) groups is 2. The summed E-state index contributed by atoms with van der Waals surface area (Å²) in [5.74, 6) is 2.62. The van der Waals surface area contributed by atoms with Crippen molar-refractivity contribution in [3.05, 3.63) is 53.6 Å². The fourth-order valence-corrected chi connectivity index (χ4v) is 7.59. The van der Waals surface area contributed by atoms with Crippen LogP contribution in [-0.2, 0) is 22.7 Å². The zero-order chi connectivity index (χ0) is 24.0. The van der Waals surface area contributed by atoms with E-state index in [-0.39, 0.29) is 11.3 Å². The molecule has 1 saturated heterocycles. The molecule has 0 radical (unpaired) electrons. The van der Waals surface area contributed by atoms with Gasteiger partial charge < -0.3 is 9.47 Å². The lowest BCUT2D eigenvalue weighted by atomic mass is 9.48. The minimum atomic E-state index is -0.135. The van der Waals surface area contributed by atoms with Gasteiger partial charge in [-0.25, -0.2) is 4.98 Å². The zero-order valence-electron chi connectivity index (χ0n) is 20.2. The van der Waals surface area contributed by atoms with Gasteiger partial charge in [0.2, 0.25) is 5.91 Å². The Hall–Kier alpha value is -2.98. The fourth-order valence-electron chi connectivity index (χ4n) is 7.59. The highest BCUT2D eigenvalue weighted by Crippen LogP contribution is 2.60. The molecule has 0 N–H and O–H groups in total. The van der Waals surface area contributed by atoms with E-state index in [2.05, 4.69) is 20.5 Å². The normalized spacial score (nSPS) is 30.0. The molecular weight excluding hydrogens is 438 g/mol. The summed E-state index contributed by atoms with van der Waals surface area (Å²) in [6, 6.07) is 9.73. The summed E-state index contributed by atoms with van der Waals surface area (Å²) in [4.78, 5) is 34.8. The number of benzene rings is 1. The molecule has 7 nitrogen and oxygen atoms in total. The van der Waals surface area contributed by atoms with Crippen molar-refractivity contribution in [3.8, 4) is 6.07 Å². The van der Waals surface area contributed by atoms with Crippen LogP contribution in [-0.4, -0.2) is 57.2 Å². The third kappa shape index (κ3) is 4.40. The molecule has 4 bridgehead atoms. The van der Waals surface area contributed by atoms with E-state index in [0.717, 1.165) is 54.8 Å². The van der Waals surface area contributed by atoms with Gasteiger partial charge in [-0.3, -0.25) is 14.5 Å². The predicted molar refractivity (Wildman–Crippen MR) is 130 cm³/mol. The number of hydrogen-bond acceptors (Lipinski definition) is 5. The SMILES string of the molecule is N#Cc1ccc(Cn2cncc2CN2CCN(CC(=O)C34CC5CC(CC(C5)C3)C4)C(=O)C2)cc1. The molecule has 5 aliphatic rings. The lowest BCUT2D eigenvalue weighted by molar-refractivity contribution is -0.150. The highest BCUT2D eigenvalue weighted by Gasteiger charge is 2.54. The lowest BCUT2D eigenvalue weighted by Gasteiger charge is -2.56. The molecule has 0 unspecified atom stereocenters. The molecule has 7 rings (SSSR count). The van der Waals surface area contributed by atoms with Gasteiger partial charge in [-0.05, 0) is 74.0 Å². The molecule has 0 spiro atoms. The van der Waals surface area contributed by atoms with Crippen molar-refractivity contribution >= 4 is 11.7 Å². The van der Waals surface area contributed by atoms with E-state index in [9.17, 15) is 9.59 Å². The molecule has 4 saturated carbocycles. The first-order valence-electron chi connectivity index (χ1n) is 13.0. The van der Waals surface area contributed by atoms with Gasteiger partial charge in [-0.15, -0.1) is 0 Å². The fraction of sp³-hybridized carbons (Fsp3) is 0.571. The maximum Gasteiger partial charge on any atom is 0.237 e. The molecule has 0 atom stereocenters. The Balaban J connectivity index is 1.05. The van der Waals surface area contributed by atoms with Crippen molar-refractivity contribution in [2.24, 2.45) is 23.2 Å². The maximum absolute atomic E-state index is 13.5. The van der Waals surface area contributed by atoms with Crippen LogP contribution in [0.5, 0.6) is 0 Å². The molecule has 5 fully saturated rings. The van der Waals surface area contributed by atoms with Crippen LogP contribution in [0, 0.1) is 34.5 Å². The number of nitrogens with zero attached hydrogens (tertiary/aromatic N) is 5. The Labute approximate surface area is 206 Å². The van der Waals surface area contributed by atoms with E-state index in [0.29, 0.717) is 44.1 Å². The van der Waals surface area contributed by atoms with Crippen molar-refractivity contribution in [3.63, 3.8) is 0 Å². The molecule has 35 heavy (non-hydrogen) atoms. The van der Waals surface area contributed by atoms with Gasteiger partial charge >= 0.3 is 0 Å². The number of imidazole rings is 1. The molecule has 1 aliphatic heterocycles. The Morgan fingerprint density at radius 1 is 1.03 bits per heavy atom. The monoisotopic (exact) mass is 471 g/mol. The van der Waals surface area contributed by atoms with Gasteiger partial charge in [0.15, 0.2) is 5.78 Å². The molecule has 182 valence electrons. The minimum absolute atomic E-state index is 0.0625. The second-order valence-corrected chi connectivity index (χ2v) is 11.5. The van der Waals surface area contributed by atoms with Crippen LogP contribution in [0.25, 0.3) is 0 Å². The number of piperazine rings is 1. The largest absolute Gasteiger partial charge is 0.333 e. The number of aromatic nitrogens is 2.